The van der Waals surface area contributed by atoms with Gasteiger partial charge < -0.3 is 5.11 Å². The number of carboxylic acid groups (broad SMARTS) is 1. The average Bonchev–Trinajstić information content (AvgIpc) is 2.73. The van der Waals surface area contributed by atoms with Crippen molar-refractivity contribution in [3.05, 3.63) is 65.0 Å². The molecule has 0 aliphatic heterocycles. The van der Waals surface area contributed by atoms with Gasteiger partial charge in [-0.25, -0.2) is 13.6 Å². The number of aromatic carboxylic acids is 1. The molecule has 2 nitrogen and oxygen atoms in total. The summed E-state index contributed by atoms with van der Waals surface area (Å²) in [6.45, 7) is 3.30. The molecule has 0 saturated heterocycles. The van der Waals surface area contributed by atoms with Crippen molar-refractivity contribution in [3.8, 4) is 11.1 Å². The fraction of sp³-hybridized carbons (Fsp3) is 0.400. The number of rotatable bonds is 6. The van der Waals surface area contributed by atoms with Crippen LogP contribution in [-0.2, 0) is 0 Å². The molecule has 0 aromatic heterocycles. The molecule has 1 aliphatic carbocycles. The molecular formula is C25H28F2O2. The molecule has 1 N–H and O–H groups in total. The van der Waals surface area contributed by atoms with Gasteiger partial charge in [0.15, 0.2) is 5.83 Å². The lowest BCUT2D eigenvalue weighted by molar-refractivity contribution is 0.0697. The van der Waals surface area contributed by atoms with E-state index in [1.165, 1.54) is 37.8 Å². The van der Waals surface area contributed by atoms with Crippen molar-refractivity contribution in [2.24, 2.45) is 5.92 Å². The smallest absolute Gasteiger partial charge is 0.336 e. The van der Waals surface area contributed by atoms with Crippen LogP contribution in [0.3, 0.4) is 0 Å². The Bertz CT molecular complexity index is 888. The van der Waals surface area contributed by atoms with Crippen LogP contribution in [0.25, 0.3) is 17.0 Å². The third kappa shape index (κ3) is 4.92. The van der Waals surface area contributed by atoms with Crippen LogP contribution in [0.4, 0.5) is 8.78 Å². The number of benzene rings is 2. The summed E-state index contributed by atoms with van der Waals surface area (Å²) in [6, 6.07) is 11.9. The van der Waals surface area contributed by atoms with Gasteiger partial charge in [0.2, 0.25) is 0 Å². The highest BCUT2D eigenvalue weighted by Gasteiger charge is 2.23. The molecule has 3 rings (SSSR count). The Hall–Kier alpha value is -2.49. The Morgan fingerprint density at radius 2 is 1.69 bits per heavy atom. The maximum atomic E-state index is 13.8. The molecule has 29 heavy (non-hydrogen) atoms. The summed E-state index contributed by atoms with van der Waals surface area (Å²) >= 11 is 0. The lowest BCUT2D eigenvalue weighted by Gasteiger charge is -2.29. The minimum absolute atomic E-state index is 0.149. The molecule has 0 atom stereocenters. The number of carbonyl (C=O) groups is 1. The Balaban J connectivity index is 1.90. The van der Waals surface area contributed by atoms with E-state index in [9.17, 15) is 18.7 Å². The molecule has 2 aromatic carbocycles. The molecule has 1 fully saturated rings. The molecule has 1 saturated carbocycles. The summed E-state index contributed by atoms with van der Waals surface area (Å²) in [5.41, 5.74) is 2.85. The summed E-state index contributed by atoms with van der Waals surface area (Å²) in [6.07, 6.45) is 7.20. The van der Waals surface area contributed by atoms with Gasteiger partial charge in [0.25, 0.3) is 0 Å². The number of hydrogen-bond donors (Lipinski definition) is 1. The van der Waals surface area contributed by atoms with Gasteiger partial charge in [-0.2, -0.15) is 0 Å². The van der Waals surface area contributed by atoms with Gasteiger partial charge >= 0.3 is 5.97 Å². The van der Waals surface area contributed by atoms with Crippen LogP contribution >= 0.6 is 0 Å². The summed E-state index contributed by atoms with van der Waals surface area (Å²) in [4.78, 5) is 11.7. The Morgan fingerprint density at radius 1 is 1.03 bits per heavy atom. The van der Waals surface area contributed by atoms with E-state index in [-0.39, 0.29) is 11.1 Å². The molecule has 0 unspecified atom stereocenters. The van der Waals surface area contributed by atoms with Gasteiger partial charge in [0, 0.05) is 5.56 Å². The van der Waals surface area contributed by atoms with Crippen LogP contribution in [0.15, 0.2) is 48.3 Å². The average molecular weight is 398 g/mol. The predicted octanol–water partition coefficient (Wildman–Crippen LogP) is 7.75. The number of hydrogen-bond acceptors (Lipinski definition) is 1. The third-order valence-electron chi connectivity index (χ3n) is 6.04. The van der Waals surface area contributed by atoms with Crippen molar-refractivity contribution in [2.45, 2.75) is 58.3 Å². The van der Waals surface area contributed by atoms with E-state index in [0.717, 1.165) is 31.2 Å². The zero-order valence-corrected chi connectivity index (χ0v) is 17.1. The highest BCUT2D eigenvalue weighted by atomic mass is 19.2. The second kappa shape index (κ2) is 9.34. The van der Waals surface area contributed by atoms with E-state index < -0.39 is 17.6 Å². The Labute approximate surface area is 171 Å². The number of carboxylic acids is 1. The molecule has 0 amide bonds. The highest BCUT2D eigenvalue weighted by Crippen LogP contribution is 2.39. The van der Waals surface area contributed by atoms with E-state index >= 15 is 0 Å². The van der Waals surface area contributed by atoms with Gasteiger partial charge in [0.05, 0.1) is 5.56 Å². The third-order valence-corrected chi connectivity index (χ3v) is 6.04. The van der Waals surface area contributed by atoms with Crippen LogP contribution in [0.1, 0.15) is 79.8 Å². The van der Waals surface area contributed by atoms with Gasteiger partial charge in [-0.3, -0.25) is 0 Å². The molecular weight excluding hydrogens is 370 g/mol. The van der Waals surface area contributed by atoms with Crippen molar-refractivity contribution in [3.63, 3.8) is 0 Å². The van der Waals surface area contributed by atoms with Crippen LogP contribution in [-0.4, -0.2) is 11.1 Å². The summed E-state index contributed by atoms with van der Waals surface area (Å²) < 4.78 is 26.9. The topological polar surface area (TPSA) is 37.3 Å². The van der Waals surface area contributed by atoms with E-state index in [1.807, 2.05) is 12.1 Å². The SMILES string of the molecule is CCCC1CCC(c2ccc(C(=O)O)c(-c3ccc(C(F)=C(C)F)cc3)c2)CC1. The van der Waals surface area contributed by atoms with E-state index in [1.54, 1.807) is 18.2 Å². The minimum Gasteiger partial charge on any atom is -0.478 e. The van der Waals surface area contributed by atoms with Crippen molar-refractivity contribution in [1.29, 1.82) is 0 Å². The van der Waals surface area contributed by atoms with Crippen molar-refractivity contribution >= 4 is 11.8 Å². The van der Waals surface area contributed by atoms with E-state index in [0.29, 0.717) is 17.0 Å². The highest BCUT2D eigenvalue weighted by molar-refractivity contribution is 5.96. The second-order valence-corrected chi connectivity index (χ2v) is 8.04. The number of allylic oxidation sites excluding steroid dienone is 1. The van der Waals surface area contributed by atoms with Crippen LogP contribution in [0.2, 0.25) is 0 Å². The first-order valence-electron chi connectivity index (χ1n) is 10.4. The quantitative estimate of drug-likeness (QED) is 0.540. The van der Waals surface area contributed by atoms with Crippen LogP contribution < -0.4 is 0 Å². The van der Waals surface area contributed by atoms with Crippen molar-refractivity contribution in [2.75, 3.05) is 0 Å². The monoisotopic (exact) mass is 398 g/mol. The molecule has 0 heterocycles. The van der Waals surface area contributed by atoms with Crippen molar-refractivity contribution in [1.82, 2.24) is 0 Å². The van der Waals surface area contributed by atoms with E-state index in [2.05, 4.69) is 6.92 Å². The molecule has 0 radical (unpaired) electrons. The zero-order valence-electron chi connectivity index (χ0n) is 17.1. The molecule has 2 aromatic rings. The Kier molecular flexibility index (Phi) is 6.83. The van der Waals surface area contributed by atoms with Crippen molar-refractivity contribution < 1.29 is 18.7 Å². The fourth-order valence-electron chi connectivity index (χ4n) is 4.43. The van der Waals surface area contributed by atoms with Gasteiger partial charge in [0.1, 0.15) is 5.83 Å². The summed E-state index contributed by atoms with van der Waals surface area (Å²) in [7, 11) is 0. The predicted molar refractivity (Wildman–Crippen MR) is 113 cm³/mol. The van der Waals surface area contributed by atoms with Gasteiger partial charge in [-0.1, -0.05) is 56.2 Å². The molecule has 0 spiro atoms. The normalized spacial score (nSPS) is 20.3. The van der Waals surface area contributed by atoms with Crippen LogP contribution in [0.5, 0.6) is 0 Å². The lowest BCUT2D eigenvalue weighted by atomic mass is 9.76. The summed E-state index contributed by atoms with van der Waals surface area (Å²) in [5, 5.41) is 9.62. The molecule has 4 heteroatoms. The first kappa shape index (κ1) is 21.2. The molecule has 0 bridgehead atoms. The fourth-order valence-corrected chi connectivity index (χ4v) is 4.43. The summed E-state index contributed by atoms with van der Waals surface area (Å²) in [5.74, 6) is -1.51. The molecule has 1 aliphatic rings. The van der Waals surface area contributed by atoms with E-state index in [4.69, 9.17) is 0 Å². The first-order valence-corrected chi connectivity index (χ1v) is 10.4. The van der Waals surface area contributed by atoms with Gasteiger partial charge in [-0.15, -0.1) is 0 Å². The second-order valence-electron chi connectivity index (χ2n) is 8.04. The minimum atomic E-state index is -0.993. The van der Waals surface area contributed by atoms with Crippen LogP contribution in [0, 0.1) is 5.92 Å². The van der Waals surface area contributed by atoms with Gasteiger partial charge in [-0.05, 0) is 67.2 Å². The lowest BCUT2D eigenvalue weighted by Crippen LogP contribution is -2.13. The largest absolute Gasteiger partial charge is 0.478 e. The maximum absolute atomic E-state index is 13.8. The standard InChI is InChI=1S/C25H28F2O2/c1-3-4-17-5-7-18(8-6-17)21-13-14-22(25(28)29)23(15-21)19-9-11-20(12-10-19)24(27)16(2)26/h9-15,17-18H,3-8H2,1-2H3,(H,28,29). The molecule has 154 valence electrons. The zero-order chi connectivity index (χ0) is 21.0. The first-order chi connectivity index (χ1) is 13.9. The maximum Gasteiger partial charge on any atom is 0.336 e. The number of halogens is 2. The Morgan fingerprint density at radius 3 is 2.24 bits per heavy atom.